The molecule has 90 valence electrons. The number of nitrogens with two attached hydrogens (primary N) is 1. The quantitative estimate of drug-likeness (QED) is 0.691. The van der Waals surface area contributed by atoms with Crippen LogP contribution in [0.3, 0.4) is 0 Å². The summed E-state index contributed by atoms with van der Waals surface area (Å²) in [6.07, 6.45) is 3.29. The fraction of sp³-hybridized carbons (Fsp3) is 0. The van der Waals surface area contributed by atoms with Crippen LogP contribution in [0, 0.1) is 0 Å². The van der Waals surface area contributed by atoms with Crippen LogP contribution in [0.4, 0.5) is 5.69 Å². The minimum absolute atomic E-state index is 0.304. The summed E-state index contributed by atoms with van der Waals surface area (Å²) in [5.74, 6) is 1.21. The van der Waals surface area contributed by atoms with Gasteiger partial charge in [-0.25, -0.2) is 4.98 Å². The summed E-state index contributed by atoms with van der Waals surface area (Å²) in [6.45, 7) is 0. The lowest BCUT2D eigenvalue weighted by atomic mass is 10.2. The molecule has 0 bridgehead atoms. The highest BCUT2D eigenvalue weighted by molar-refractivity contribution is 6.33. The molecule has 2 heterocycles. The third kappa shape index (κ3) is 1.82. The van der Waals surface area contributed by atoms with Gasteiger partial charge >= 0.3 is 0 Å². The summed E-state index contributed by atoms with van der Waals surface area (Å²) in [5.41, 5.74) is 6.87. The van der Waals surface area contributed by atoms with Gasteiger partial charge in [0.05, 0.1) is 10.6 Å². The summed E-state index contributed by atoms with van der Waals surface area (Å²) < 4.78 is 5.15. The lowest BCUT2D eigenvalue weighted by Gasteiger charge is -1.99. The number of anilines is 1. The Morgan fingerprint density at radius 3 is 3.00 bits per heavy atom. The summed E-state index contributed by atoms with van der Waals surface area (Å²) in [6, 6.07) is 5.07. The molecule has 6 nitrogen and oxygen atoms in total. The number of imidazole rings is 1. The van der Waals surface area contributed by atoms with Crippen LogP contribution in [0.1, 0.15) is 0 Å². The van der Waals surface area contributed by atoms with E-state index >= 15 is 0 Å². The van der Waals surface area contributed by atoms with Gasteiger partial charge < -0.3 is 15.2 Å². The molecule has 0 saturated carbocycles. The van der Waals surface area contributed by atoms with E-state index in [1.165, 1.54) is 0 Å². The molecule has 3 N–H and O–H groups in total. The van der Waals surface area contributed by atoms with Crippen LogP contribution < -0.4 is 5.73 Å². The molecule has 18 heavy (non-hydrogen) atoms. The van der Waals surface area contributed by atoms with Gasteiger partial charge in [-0.1, -0.05) is 16.8 Å². The topological polar surface area (TPSA) is 93.6 Å². The molecule has 0 spiro atoms. The molecule has 2 aromatic heterocycles. The summed E-state index contributed by atoms with van der Waals surface area (Å²) in [7, 11) is 0. The van der Waals surface area contributed by atoms with Crippen LogP contribution in [-0.2, 0) is 0 Å². The Hall–Kier alpha value is -2.34. The molecule has 0 unspecified atom stereocenters. The minimum Gasteiger partial charge on any atom is -0.399 e. The molecule has 0 fully saturated rings. The van der Waals surface area contributed by atoms with Crippen LogP contribution >= 0.6 is 11.6 Å². The Bertz CT molecular complexity index is 677. The van der Waals surface area contributed by atoms with Gasteiger partial charge in [-0.2, -0.15) is 4.98 Å². The van der Waals surface area contributed by atoms with Crippen molar-refractivity contribution in [2.75, 3.05) is 5.73 Å². The van der Waals surface area contributed by atoms with Crippen molar-refractivity contribution in [2.24, 2.45) is 0 Å². The van der Waals surface area contributed by atoms with Crippen molar-refractivity contribution in [1.29, 1.82) is 0 Å². The maximum atomic E-state index is 6.06. The predicted octanol–water partition coefficient (Wildman–Crippen LogP) is 2.36. The summed E-state index contributed by atoms with van der Waals surface area (Å²) in [5, 5.41) is 4.33. The molecule has 0 saturated heterocycles. The van der Waals surface area contributed by atoms with E-state index in [1.807, 2.05) is 0 Å². The van der Waals surface area contributed by atoms with E-state index in [0.29, 0.717) is 33.8 Å². The number of aromatic nitrogens is 4. The van der Waals surface area contributed by atoms with E-state index < -0.39 is 0 Å². The number of hydrogen-bond donors (Lipinski definition) is 2. The number of benzene rings is 1. The normalized spacial score (nSPS) is 10.7. The molecule has 0 aliphatic rings. The lowest BCUT2D eigenvalue weighted by molar-refractivity contribution is 0.432. The number of nitrogens with zero attached hydrogens (tertiary/aromatic N) is 3. The molecule has 0 amide bonds. The van der Waals surface area contributed by atoms with E-state index in [4.69, 9.17) is 21.9 Å². The molecule has 1 aromatic carbocycles. The van der Waals surface area contributed by atoms with Crippen LogP contribution in [0.2, 0.25) is 5.02 Å². The largest absolute Gasteiger partial charge is 0.399 e. The zero-order valence-electron chi connectivity index (χ0n) is 9.09. The third-order valence-corrected chi connectivity index (χ3v) is 2.69. The van der Waals surface area contributed by atoms with Crippen molar-refractivity contribution < 1.29 is 4.52 Å². The van der Waals surface area contributed by atoms with Gasteiger partial charge in [0.25, 0.3) is 5.89 Å². The van der Waals surface area contributed by atoms with Gasteiger partial charge in [0.1, 0.15) is 0 Å². The van der Waals surface area contributed by atoms with Crippen molar-refractivity contribution in [1.82, 2.24) is 20.1 Å². The number of hydrogen-bond acceptors (Lipinski definition) is 5. The number of aromatic amines is 1. The Morgan fingerprint density at radius 1 is 1.33 bits per heavy atom. The minimum atomic E-state index is 0.304. The average molecular weight is 262 g/mol. The number of nitrogen functional groups attached to an aromatic ring is 1. The van der Waals surface area contributed by atoms with Crippen LogP contribution in [0.5, 0.6) is 0 Å². The van der Waals surface area contributed by atoms with Gasteiger partial charge in [0.15, 0.2) is 5.82 Å². The van der Waals surface area contributed by atoms with E-state index in [2.05, 4.69) is 20.1 Å². The molecular formula is C11H8ClN5O. The molecular weight excluding hydrogens is 254 g/mol. The first-order valence-corrected chi connectivity index (χ1v) is 5.50. The number of H-pyrrole nitrogens is 1. The van der Waals surface area contributed by atoms with Crippen molar-refractivity contribution in [3.8, 4) is 23.1 Å². The maximum absolute atomic E-state index is 6.06. The maximum Gasteiger partial charge on any atom is 0.259 e. The SMILES string of the molecule is Nc1ccc(Cl)c(-c2nc(-c3ncc[nH]3)no2)c1. The Labute approximate surface area is 107 Å². The lowest BCUT2D eigenvalue weighted by Crippen LogP contribution is -1.87. The molecule has 3 rings (SSSR count). The van der Waals surface area contributed by atoms with Crippen LogP contribution in [0.25, 0.3) is 23.1 Å². The fourth-order valence-electron chi connectivity index (χ4n) is 1.52. The highest BCUT2D eigenvalue weighted by Gasteiger charge is 2.14. The third-order valence-electron chi connectivity index (χ3n) is 2.36. The first-order chi connectivity index (χ1) is 8.74. The number of rotatable bonds is 2. The standard InChI is InChI=1S/C11H8ClN5O/c12-8-2-1-6(13)5-7(8)11-16-10(17-18-11)9-14-3-4-15-9/h1-5H,13H2,(H,14,15). The zero-order valence-corrected chi connectivity index (χ0v) is 9.85. The Morgan fingerprint density at radius 2 is 2.22 bits per heavy atom. The van der Waals surface area contributed by atoms with Crippen LogP contribution in [0.15, 0.2) is 35.1 Å². The summed E-state index contributed by atoms with van der Waals surface area (Å²) in [4.78, 5) is 11.1. The first-order valence-electron chi connectivity index (χ1n) is 5.13. The van der Waals surface area contributed by atoms with Gasteiger partial charge in [0.2, 0.25) is 5.82 Å². The van der Waals surface area contributed by atoms with Gasteiger partial charge in [-0.05, 0) is 18.2 Å². The number of nitrogens with one attached hydrogen (secondary N) is 1. The Kier molecular flexibility index (Phi) is 2.49. The summed E-state index contributed by atoms with van der Waals surface area (Å²) >= 11 is 6.06. The predicted molar refractivity (Wildman–Crippen MR) is 66.7 cm³/mol. The molecule has 0 radical (unpaired) electrons. The number of halogens is 1. The molecule has 3 aromatic rings. The zero-order chi connectivity index (χ0) is 12.5. The van der Waals surface area contributed by atoms with Crippen molar-refractivity contribution in [3.63, 3.8) is 0 Å². The van der Waals surface area contributed by atoms with E-state index in [0.717, 1.165) is 0 Å². The van der Waals surface area contributed by atoms with E-state index in [-0.39, 0.29) is 0 Å². The van der Waals surface area contributed by atoms with Crippen molar-refractivity contribution in [3.05, 3.63) is 35.6 Å². The van der Waals surface area contributed by atoms with E-state index in [1.54, 1.807) is 30.6 Å². The second-order valence-corrected chi connectivity index (χ2v) is 4.01. The molecule has 0 aliphatic heterocycles. The monoisotopic (exact) mass is 261 g/mol. The van der Waals surface area contributed by atoms with Gasteiger partial charge in [0, 0.05) is 18.1 Å². The first kappa shape index (κ1) is 10.8. The van der Waals surface area contributed by atoms with Crippen LogP contribution in [-0.4, -0.2) is 20.1 Å². The fourth-order valence-corrected chi connectivity index (χ4v) is 1.72. The highest BCUT2D eigenvalue weighted by Crippen LogP contribution is 2.29. The van der Waals surface area contributed by atoms with Crippen molar-refractivity contribution in [2.45, 2.75) is 0 Å². The second-order valence-electron chi connectivity index (χ2n) is 3.60. The molecule has 7 heteroatoms. The highest BCUT2D eigenvalue weighted by atomic mass is 35.5. The molecule has 0 aliphatic carbocycles. The molecule has 0 atom stereocenters. The average Bonchev–Trinajstić information content (AvgIpc) is 3.00. The van der Waals surface area contributed by atoms with Gasteiger partial charge in [-0.3, -0.25) is 0 Å². The second kappa shape index (κ2) is 4.15. The smallest absolute Gasteiger partial charge is 0.259 e. The van der Waals surface area contributed by atoms with E-state index in [9.17, 15) is 0 Å². The van der Waals surface area contributed by atoms with Gasteiger partial charge in [-0.15, -0.1) is 0 Å². The van der Waals surface area contributed by atoms with Crippen molar-refractivity contribution >= 4 is 17.3 Å². The Balaban J connectivity index is 2.05.